The van der Waals surface area contributed by atoms with Crippen molar-refractivity contribution in [2.75, 3.05) is 19.7 Å². The molecule has 0 spiro atoms. The average Bonchev–Trinajstić information content (AvgIpc) is 2.71. The molecule has 154 valence electrons. The fourth-order valence-electron chi connectivity index (χ4n) is 2.83. The number of ether oxygens (including phenoxy) is 1. The minimum atomic E-state index is -3.54. The van der Waals surface area contributed by atoms with Crippen LogP contribution in [-0.4, -0.2) is 50.3 Å². The molecule has 0 aliphatic carbocycles. The third-order valence-electron chi connectivity index (χ3n) is 4.74. The molecule has 1 atom stereocenters. The van der Waals surface area contributed by atoms with Crippen molar-refractivity contribution >= 4 is 28.0 Å². The van der Waals surface area contributed by atoms with Crippen LogP contribution in [0.2, 0.25) is 0 Å². The molecular weight excluding hydrogens is 380 g/mol. The minimum absolute atomic E-state index is 0.0311. The Morgan fingerprint density at radius 3 is 2.50 bits per heavy atom. The molecule has 1 aliphatic rings. The second kappa shape index (κ2) is 10.4. The topological polar surface area (TPSA) is 92.8 Å². The van der Waals surface area contributed by atoms with Gasteiger partial charge in [-0.25, -0.2) is 8.42 Å². The maximum Gasteiger partial charge on any atom is 0.309 e. The Morgan fingerprint density at radius 1 is 1.25 bits per heavy atom. The molecule has 2 rings (SSSR count). The number of nitrogens with one attached hydrogen (secondary N) is 1. The highest BCUT2D eigenvalue weighted by molar-refractivity contribution is 7.92. The summed E-state index contributed by atoms with van der Waals surface area (Å²) in [7, 11) is -3.54. The van der Waals surface area contributed by atoms with Crippen molar-refractivity contribution < 1.29 is 22.7 Å². The fraction of sp³-hybridized carbons (Fsp3) is 0.500. The third kappa shape index (κ3) is 6.76. The van der Waals surface area contributed by atoms with Crippen LogP contribution in [-0.2, 0) is 24.3 Å². The molecule has 0 aromatic heterocycles. The molecule has 0 radical (unpaired) electrons. The lowest BCUT2D eigenvalue weighted by molar-refractivity contribution is -0.153. The van der Waals surface area contributed by atoms with E-state index in [1.54, 1.807) is 6.08 Å². The second-order valence-electron chi connectivity index (χ2n) is 6.92. The van der Waals surface area contributed by atoms with Crippen LogP contribution >= 0.6 is 0 Å². The van der Waals surface area contributed by atoms with E-state index < -0.39 is 16.0 Å². The van der Waals surface area contributed by atoms with Gasteiger partial charge in [0.15, 0.2) is 6.61 Å². The molecular formula is C20H28N2O5S. The van der Waals surface area contributed by atoms with Gasteiger partial charge in [0.2, 0.25) is 10.0 Å². The van der Waals surface area contributed by atoms with Gasteiger partial charge in [-0.2, -0.15) is 4.31 Å². The van der Waals surface area contributed by atoms with Gasteiger partial charge in [0.1, 0.15) is 0 Å². The van der Waals surface area contributed by atoms with Gasteiger partial charge in [-0.3, -0.25) is 9.59 Å². The number of carbonyl (C=O) groups is 2. The summed E-state index contributed by atoms with van der Waals surface area (Å²) >= 11 is 0. The Kier molecular flexibility index (Phi) is 8.19. The van der Waals surface area contributed by atoms with Gasteiger partial charge in [0.25, 0.3) is 5.91 Å². The van der Waals surface area contributed by atoms with Crippen LogP contribution < -0.4 is 5.32 Å². The van der Waals surface area contributed by atoms with Crippen molar-refractivity contribution in [2.45, 2.75) is 39.2 Å². The predicted molar refractivity (Wildman–Crippen MR) is 108 cm³/mol. The number of carbonyl (C=O) groups excluding carboxylic acids is 2. The van der Waals surface area contributed by atoms with Crippen molar-refractivity contribution in [1.29, 1.82) is 0 Å². The molecule has 1 aliphatic heterocycles. The smallest absolute Gasteiger partial charge is 0.309 e. The number of piperidine rings is 1. The number of esters is 1. The zero-order valence-corrected chi connectivity index (χ0v) is 17.2. The summed E-state index contributed by atoms with van der Waals surface area (Å²) in [6.07, 6.45) is 3.12. The first kappa shape index (κ1) is 22.1. The Balaban J connectivity index is 1.80. The highest BCUT2D eigenvalue weighted by atomic mass is 32.2. The molecule has 0 bridgehead atoms. The quantitative estimate of drug-likeness (QED) is 0.666. The Labute approximate surface area is 166 Å². The largest absolute Gasteiger partial charge is 0.455 e. The second-order valence-corrected chi connectivity index (χ2v) is 8.73. The number of hydrogen-bond acceptors (Lipinski definition) is 5. The summed E-state index contributed by atoms with van der Waals surface area (Å²) < 4.78 is 31.4. The molecule has 1 amide bonds. The van der Waals surface area contributed by atoms with E-state index in [2.05, 4.69) is 5.32 Å². The zero-order chi connectivity index (χ0) is 20.6. The monoisotopic (exact) mass is 408 g/mol. The predicted octanol–water partition coefficient (Wildman–Crippen LogP) is 2.16. The lowest BCUT2D eigenvalue weighted by Gasteiger charge is -2.29. The minimum Gasteiger partial charge on any atom is -0.455 e. The summed E-state index contributed by atoms with van der Waals surface area (Å²) in [4.78, 5) is 23.8. The summed E-state index contributed by atoms with van der Waals surface area (Å²) in [6, 6.07) is 9.23. The zero-order valence-electron chi connectivity index (χ0n) is 16.3. The maximum absolute atomic E-state index is 12.5. The Morgan fingerprint density at radius 2 is 1.89 bits per heavy atom. The van der Waals surface area contributed by atoms with Crippen LogP contribution in [0.1, 0.15) is 38.7 Å². The first-order valence-corrected chi connectivity index (χ1v) is 11.0. The van der Waals surface area contributed by atoms with E-state index in [-0.39, 0.29) is 37.6 Å². The molecule has 1 fully saturated rings. The number of benzene rings is 1. The fourth-order valence-corrected chi connectivity index (χ4v) is 4.05. The van der Waals surface area contributed by atoms with Gasteiger partial charge in [-0.15, -0.1) is 0 Å². The molecule has 1 aromatic rings. The van der Waals surface area contributed by atoms with Crippen LogP contribution in [0.5, 0.6) is 0 Å². The maximum atomic E-state index is 12.5. The van der Waals surface area contributed by atoms with E-state index in [4.69, 9.17) is 4.74 Å². The Hall–Kier alpha value is -2.19. The van der Waals surface area contributed by atoms with Gasteiger partial charge < -0.3 is 10.1 Å². The number of hydrogen-bond donors (Lipinski definition) is 1. The summed E-state index contributed by atoms with van der Waals surface area (Å²) in [5, 5.41) is 3.93. The molecule has 1 N–H and O–H groups in total. The standard InChI is InChI=1S/C20H28N2O5S/c1-3-16(2)21-19(23)15-27-20(24)18-9-12-22(13-10-18)28(25,26)14-11-17-7-5-4-6-8-17/h4-8,11,14,16,18H,3,9-10,12-13,15H2,1-2H3,(H,21,23)/b14-11+/t16-/m0/s1. The van der Waals surface area contributed by atoms with Crippen molar-refractivity contribution in [1.82, 2.24) is 9.62 Å². The van der Waals surface area contributed by atoms with Crippen LogP contribution in [0.15, 0.2) is 35.7 Å². The number of rotatable bonds is 8. The lowest BCUT2D eigenvalue weighted by atomic mass is 9.98. The van der Waals surface area contributed by atoms with Gasteiger partial charge in [0.05, 0.1) is 5.92 Å². The van der Waals surface area contributed by atoms with Crippen molar-refractivity contribution in [3.63, 3.8) is 0 Å². The summed E-state index contributed by atoms with van der Waals surface area (Å²) in [6.45, 7) is 4.03. The van der Waals surface area contributed by atoms with Gasteiger partial charge >= 0.3 is 5.97 Å². The summed E-state index contributed by atoms with van der Waals surface area (Å²) in [5.41, 5.74) is 0.806. The molecule has 0 unspecified atom stereocenters. The Bertz CT molecular complexity index is 784. The van der Waals surface area contributed by atoms with E-state index in [1.807, 2.05) is 44.2 Å². The summed E-state index contributed by atoms with van der Waals surface area (Å²) in [5.74, 6) is -1.16. The van der Waals surface area contributed by atoms with E-state index in [1.165, 1.54) is 9.71 Å². The first-order valence-electron chi connectivity index (χ1n) is 9.51. The van der Waals surface area contributed by atoms with E-state index in [0.717, 1.165) is 12.0 Å². The average molecular weight is 409 g/mol. The number of sulfonamides is 1. The molecule has 28 heavy (non-hydrogen) atoms. The molecule has 0 saturated carbocycles. The van der Waals surface area contributed by atoms with Crippen molar-refractivity contribution in [3.05, 3.63) is 41.3 Å². The van der Waals surface area contributed by atoms with E-state index in [0.29, 0.717) is 12.8 Å². The van der Waals surface area contributed by atoms with Crippen LogP contribution in [0.4, 0.5) is 0 Å². The van der Waals surface area contributed by atoms with Gasteiger partial charge in [0, 0.05) is 24.5 Å². The third-order valence-corrected chi connectivity index (χ3v) is 6.31. The first-order chi connectivity index (χ1) is 13.3. The molecule has 1 heterocycles. The highest BCUT2D eigenvalue weighted by Gasteiger charge is 2.31. The molecule has 8 heteroatoms. The van der Waals surface area contributed by atoms with Gasteiger partial charge in [-0.05, 0) is 37.8 Å². The molecule has 1 saturated heterocycles. The van der Waals surface area contributed by atoms with Crippen LogP contribution in [0.3, 0.4) is 0 Å². The number of nitrogens with zero attached hydrogens (tertiary/aromatic N) is 1. The normalized spacial score (nSPS) is 17.4. The molecule has 7 nitrogen and oxygen atoms in total. The van der Waals surface area contributed by atoms with Crippen molar-refractivity contribution in [3.8, 4) is 0 Å². The van der Waals surface area contributed by atoms with Crippen LogP contribution in [0, 0.1) is 5.92 Å². The van der Waals surface area contributed by atoms with Crippen molar-refractivity contribution in [2.24, 2.45) is 5.92 Å². The molecule has 1 aromatic carbocycles. The lowest BCUT2D eigenvalue weighted by Crippen LogP contribution is -2.40. The van der Waals surface area contributed by atoms with E-state index in [9.17, 15) is 18.0 Å². The SMILES string of the molecule is CC[C@H](C)NC(=O)COC(=O)C1CCN(S(=O)(=O)/C=C/c2ccccc2)CC1. The highest BCUT2D eigenvalue weighted by Crippen LogP contribution is 2.22. The number of amides is 1. The van der Waals surface area contributed by atoms with E-state index >= 15 is 0 Å². The van der Waals surface area contributed by atoms with Crippen LogP contribution in [0.25, 0.3) is 6.08 Å². The van der Waals surface area contributed by atoms with Gasteiger partial charge in [-0.1, -0.05) is 37.3 Å².